The molecule has 4 nitrogen and oxygen atoms in total. The number of rotatable bonds is 2. The van der Waals surface area contributed by atoms with E-state index in [2.05, 4.69) is 15.2 Å². The van der Waals surface area contributed by atoms with Crippen molar-refractivity contribution in [1.29, 1.82) is 0 Å². The van der Waals surface area contributed by atoms with E-state index in [1.54, 1.807) is 0 Å². The number of hydrogen-bond acceptors (Lipinski definition) is 4. The highest BCUT2D eigenvalue weighted by molar-refractivity contribution is 5.05. The minimum Gasteiger partial charge on any atom is -0.330 e. The zero-order chi connectivity index (χ0) is 7.40. The van der Waals surface area contributed by atoms with Crippen LogP contribution < -0.4 is 5.73 Å². The van der Waals surface area contributed by atoms with Crippen molar-refractivity contribution in [3.8, 4) is 0 Å². The summed E-state index contributed by atoms with van der Waals surface area (Å²) in [4.78, 5) is 3.97. The van der Waals surface area contributed by atoms with Gasteiger partial charge < -0.3 is 5.73 Å². The Labute approximate surface area is 59.5 Å². The van der Waals surface area contributed by atoms with E-state index in [1.807, 2.05) is 6.92 Å². The first-order valence-corrected chi connectivity index (χ1v) is 3.18. The number of hydrogen-bond donors (Lipinski definition) is 1. The molecule has 0 spiro atoms. The van der Waals surface area contributed by atoms with Gasteiger partial charge in [0.1, 0.15) is 6.33 Å². The molecule has 1 aromatic rings. The number of aryl methyl sites for hydroxylation is 1. The minimum absolute atomic E-state index is 0.598. The summed E-state index contributed by atoms with van der Waals surface area (Å²) in [6.07, 6.45) is 2.20. The van der Waals surface area contributed by atoms with Crippen LogP contribution in [0.1, 0.15) is 11.4 Å². The molecule has 0 radical (unpaired) electrons. The molecule has 1 heterocycles. The van der Waals surface area contributed by atoms with Gasteiger partial charge in [-0.2, -0.15) is 5.10 Å². The first-order chi connectivity index (χ1) is 4.84. The highest BCUT2D eigenvalue weighted by Crippen LogP contribution is 1.96. The quantitative estimate of drug-likeness (QED) is 0.608. The first kappa shape index (κ1) is 7.08. The lowest BCUT2D eigenvalue weighted by Crippen LogP contribution is -2.07. The van der Waals surface area contributed by atoms with Gasteiger partial charge in [-0.15, -0.1) is 5.10 Å². The third kappa shape index (κ3) is 1.48. The predicted octanol–water partition coefficient (Wildman–Crippen LogP) is -0.319. The van der Waals surface area contributed by atoms with Gasteiger partial charge in [0.25, 0.3) is 0 Å². The van der Waals surface area contributed by atoms with Gasteiger partial charge in [-0.1, -0.05) is 0 Å². The Morgan fingerprint density at radius 1 is 1.60 bits per heavy atom. The van der Waals surface area contributed by atoms with Crippen LogP contribution in [0, 0.1) is 6.92 Å². The van der Waals surface area contributed by atoms with Gasteiger partial charge in [0, 0.05) is 6.42 Å². The zero-order valence-electron chi connectivity index (χ0n) is 5.91. The Kier molecular flexibility index (Phi) is 2.28. The second-order valence-corrected chi connectivity index (χ2v) is 2.03. The van der Waals surface area contributed by atoms with E-state index in [0.29, 0.717) is 6.54 Å². The highest BCUT2D eigenvalue weighted by atomic mass is 15.1. The molecular formula is C6H10N4. The maximum atomic E-state index is 5.33. The van der Waals surface area contributed by atoms with Crippen molar-refractivity contribution in [2.45, 2.75) is 13.3 Å². The Hall–Kier alpha value is -1.03. The van der Waals surface area contributed by atoms with Crippen molar-refractivity contribution >= 4 is 0 Å². The summed E-state index contributed by atoms with van der Waals surface area (Å²) in [5.74, 6) is 0. The molecule has 0 amide bonds. The largest absolute Gasteiger partial charge is 0.330 e. The molecule has 0 saturated heterocycles. The number of nitrogens with zero attached hydrogens (tertiary/aromatic N) is 3. The maximum Gasteiger partial charge on any atom is 0.138 e. The summed E-state index contributed by atoms with van der Waals surface area (Å²) in [7, 11) is 0. The van der Waals surface area contributed by atoms with Crippen LogP contribution in [-0.2, 0) is 6.42 Å². The van der Waals surface area contributed by atoms with Crippen molar-refractivity contribution in [2.24, 2.45) is 5.73 Å². The van der Waals surface area contributed by atoms with E-state index in [4.69, 9.17) is 5.73 Å². The van der Waals surface area contributed by atoms with Gasteiger partial charge >= 0.3 is 0 Å². The smallest absolute Gasteiger partial charge is 0.138 e. The molecule has 0 aliphatic heterocycles. The Morgan fingerprint density at radius 2 is 2.40 bits per heavy atom. The van der Waals surface area contributed by atoms with Gasteiger partial charge in [0.15, 0.2) is 0 Å². The van der Waals surface area contributed by atoms with E-state index < -0.39 is 0 Å². The van der Waals surface area contributed by atoms with Crippen molar-refractivity contribution in [3.63, 3.8) is 0 Å². The molecule has 0 aliphatic carbocycles. The lowest BCUT2D eigenvalue weighted by molar-refractivity contribution is 0.817. The molecule has 54 valence electrons. The van der Waals surface area contributed by atoms with Crippen LogP contribution in [0.3, 0.4) is 0 Å². The SMILES string of the molecule is Cc1ncnnc1CCN. The Morgan fingerprint density at radius 3 is 3.00 bits per heavy atom. The monoisotopic (exact) mass is 138 g/mol. The normalized spacial score (nSPS) is 9.80. The van der Waals surface area contributed by atoms with Crippen molar-refractivity contribution in [2.75, 3.05) is 6.54 Å². The van der Waals surface area contributed by atoms with Gasteiger partial charge in [-0.3, -0.25) is 0 Å². The molecule has 1 aromatic heterocycles. The summed E-state index contributed by atoms with van der Waals surface area (Å²) >= 11 is 0. The maximum absolute atomic E-state index is 5.33. The fourth-order valence-corrected chi connectivity index (χ4v) is 0.722. The molecule has 0 aliphatic rings. The summed E-state index contributed by atoms with van der Waals surface area (Å²) in [6, 6.07) is 0. The van der Waals surface area contributed by atoms with Crippen molar-refractivity contribution < 1.29 is 0 Å². The predicted molar refractivity (Wildman–Crippen MR) is 37.3 cm³/mol. The molecule has 1 rings (SSSR count). The zero-order valence-corrected chi connectivity index (χ0v) is 5.91. The van der Waals surface area contributed by atoms with Gasteiger partial charge in [-0.25, -0.2) is 4.98 Å². The second kappa shape index (κ2) is 3.22. The number of nitrogens with two attached hydrogens (primary N) is 1. The summed E-state index contributed by atoms with van der Waals surface area (Å²) in [5, 5.41) is 7.52. The fraction of sp³-hybridized carbons (Fsp3) is 0.500. The highest BCUT2D eigenvalue weighted by Gasteiger charge is 1.97. The average molecular weight is 138 g/mol. The van der Waals surface area contributed by atoms with Crippen LogP contribution >= 0.6 is 0 Å². The third-order valence-electron chi connectivity index (χ3n) is 1.28. The molecule has 10 heavy (non-hydrogen) atoms. The van der Waals surface area contributed by atoms with E-state index in [1.165, 1.54) is 6.33 Å². The van der Waals surface area contributed by atoms with Crippen LogP contribution in [0.2, 0.25) is 0 Å². The molecule has 0 unspecified atom stereocenters. The van der Waals surface area contributed by atoms with Crippen LogP contribution in [0.15, 0.2) is 6.33 Å². The standard InChI is InChI=1S/C6H10N4/c1-5-6(2-3-7)10-9-4-8-5/h4H,2-3,7H2,1H3. The van der Waals surface area contributed by atoms with E-state index >= 15 is 0 Å². The van der Waals surface area contributed by atoms with E-state index in [-0.39, 0.29) is 0 Å². The number of aromatic nitrogens is 3. The summed E-state index contributed by atoms with van der Waals surface area (Å²) in [6.45, 7) is 2.50. The molecule has 0 atom stereocenters. The van der Waals surface area contributed by atoms with Gasteiger partial charge in [0.05, 0.1) is 11.4 Å². The minimum atomic E-state index is 0.598. The van der Waals surface area contributed by atoms with Crippen molar-refractivity contribution in [1.82, 2.24) is 15.2 Å². The van der Waals surface area contributed by atoms with Crippen molar-refractivity contribution in [3.05, 3.63) is 17.7 Å². The van der Waals surface area contributed by atoms with E-state index in [0.717, 1.165) is 17.8 Å². The average Bonchev–Trinajstić information content (AvgIpc) is 1.94. The molecular weight excluding hydrogens is 128 g/mol. The van der Waals surface area contributed by atoms with Gasteiger partial charge in [-0.05, 0) is 13.5 Å². The molecule has 0 fully saturated rings. The molecule has 0 aromatic carbocycles. The molecule has 0 bridgehead atoms. The van der Waals surface area contributed by atoms with Gasteiger partial charge in [0.2, 0.25) is 0 Å². The van der Waals surface area contributed by atoms with Crippen LogP contribution in [-0.4, -0.2) is 21.7 Å². The van der Waals surface area contributed by atoms with E-state index in [9.17, 15) is 0 Å². The lowest BCUT2D eigenvalue weighted by atomic mass is 10.2. The Bertz CT molecular complexity index is 211. The summed E-state index contributed by atoms with van der Waals surface area (Å²) in [5.41, 5.74) is 7.14. The first-order valence-electron chi connectivity index (χ1n) is 3.18. The Balaban J connectivity index is 2.81. The lowest BCUT2D eigenvalue weighted by Gasteiger charge is -1.97. The van der Waals surface area contributed by atoms with Crippen LogP contribution in [0.25, 0.3) is 0 Å². The topological polar surface area (TPSA) is 64.7 Å². The molecule has 0 saturated carbocycles. The van der Waals surface area contributed by atoms with Crippen LogP contribution in [0.5, 0.6) is 0 Å². The molecule has 2 N–H and O–H groups in total. The fourth-order valence-electron chi connectivity index (χ4n) is 0.722. The van der Waals surface area contributed by atoms with Crippen LogP contribution in [0.4, 0.5) is 0 Å². The third-order valence-corrected chi connectivity index (χ3v) is 1.28. The second-order valence-electron chi connectivity index (χ2n) is 2.03. The molecule has 4 heteroatoms. The summed E-state index contributed by atoms with van der Waals surface area (Å²) < 4.78 is 0.